The van der Waals surface area contributed by atoms with Gasteiger partial charge in [0.25, 0.3) is 0 Å². The summed E-state index contributed by atoms with van der Waals surface area (Å²) in [5.41, 5.74) is 6.75. The zero-order chi connectivity index (χ0) is 16.0. The van der Waals surface area contributed by atoms with E-state index >= 15 is 0 Å². The standard InChI is InChI=1S/C12H20FN5O2S/c1-5-21-12(14-13)18(4)11-9(6-7-10(19)20)17(3)8(2)15-16-11/h5,8,15-16H,1,6-7H2,2-4H3,(H,19,20)/b14-12-. The van der Waals surface area contributed by atoms with Gasteiger partial charge in [0.2, 0.25) is 5.17 Å². The number of nitrogens with zero attached hydrogens (tertiary/aromatic N) is 3. The van der Waals surface area contributed by atoms with E-state index in [1.807, 2.05) is 18.9 Å². The molecule has 0 amide bonds. The van der Waals surface area contributed by atoms with E-state index in [2.05, 4.69) is 22.6 Å². The molecule has 0 aromatic rings. The fourth-order valence-corrected chi connectivity index (χ4v) is 2.30. The average Bonchev–Trinajstić information content (AvgIpc) is 2.45. The monoisotopic (exact) mass is 317 g/mol. The third-order valence-corrected chi connectivity index (χ3v) is 3.86. The Hall–Kier alpha value is -1.74. The quantitative estimate of drug-likeness (QED) is 0.523. The predicted molar refractivity (Wildman–Crippen MR) is 81.5 cm³/mol. The van der Waals surface area contributed by atoms with Gasteiger partial charge in [-0.25, -0.2) is 5.43 Å². The molecule has 0 aromatic carbocycles. The molecule has 0 aromatic heterocycles. The van der Waals surface area contributed by atoms with Crippen LogP contribution in [0.5, 0.6) is 0 Å². The van der Waals surface area contributed by atoms with Crippen molar-refractivity contribution in [3.63, 3.8) is 0 Å². The molecule has 1 aliphatic heterocycles. The molecule has 1 unspecified atom stereocenters. The minimum atomic E-state index is -0.885. The van der Waals surface area contributed by atoms with Crippen LogP contribution in [0.2, 0.25) is 0 Å². The van der Waals surface area contributed by atoms with Crippen molar-refractivity contribution in [1.82, 2.24) is 20.7 Å². The molecular formula is C12H20FN5O2S. The Morgan fingerprint density at radius 3 is 2.90 bits per heavy atom. The van der Waals surface area contributed by atoms with Crippen LogP contribution in [-0.2, 0) is 4.79 Å². The molecule has 1 rings (SSSR count). The van der Waals surface area contributed by atoms with E-state index in [0.29, 0.717) is 12.2 Å². The predicted octanol–water partition coefficient (Wildman–Crippen LogP) is 1.45. The van der Waals surface area contributed by atoms with E-state index in [1.54, 1.807) is 7.05 Å². The maximum absolute atomic E-state index is 12.8. The second-order valence-corrected chi connectivity index (χ2v) is 5.39. The second-order valence-electron chi connectivity index (χ2n) is 4.46. The molecule has 0 fully saturated rings. The number of amidine groups is 1. The summed E-state index contributed by atoms with van der Waals surface area (Å²) in [6.45, 7) is 5.45. The first-order valence-corrected chi connectivity index (χ1v) is 7.19. The van der Waals surface area contributed by atoms with Gasteiger partial charge in [-0.2, -0.15) is 0 Å². The van der Waals surface area contributed by atoms with E-state index < -0.39 is 5.97 Å². The van der Waals surface area contributed by atoms with Crippen molar-refractivity contribution in [2.45, 2.75) is 25.9 Å². The van der Waals surface area contributed by atoms with E-state index in [-0.39, 0.29) is 17.8 Å². The zero-order valence-corrected chi connectivity index (χ0v) is 13.1. The highest BCUT2D eigenvalue weighted by Gasteiger charge is 2.26. The molecule has 1 heterocycles. The van der Waals surface area contributed by atoms with Gasteiger partial charge in [-0.1, -0.05) is 28.0 Å². The summed E-state index contributed by atoms with van der Waals surface area (Å²) in [5, 5.41) is 13.2. The zero-order valence-electron chi connectivity index (χ0n) is 12.3. The third-order valence-electron chi connectivity index (χ3n) is 3.14. The van der Waals surface area contributed by atoms with Gasteiger partial charge in [0, 0.05) is 20.5 Å². The highest BCUT2D eigenvalue weighted by molar-refractivity contribution is 8.16. The van der Waals surface area contributed by atoms with Gasteiger partial charge in [-0.05, 0) is 12.3 Å². The van der Waals surface area contributed by atoms with Crippen molar-refractivity contribution in [2.75, 3.05) is 14.1 Å². The van der Waals surface area contributed by atoms with Gasteiger partial charge in [-0.3, -0.25) is 4.79 Å². The summed E-state index contributed by atoms with van der Waals surface area (Å²) in [6, 6.07) is 0. The number of allylic oxidation sites excluding steroid dienone is 1. The molecule has 3 N–H and O–H groups in total. The summed E-state index contributed by atoms with van der Waals surface area (Å²) in [5.74, 6) is -0.327. The summed E-state index contributed by atoms with van der Waals surface area (Å²) < 4.78 is 12.8. The lowest BCUT2D eigenvalue weighted by Crippen LogP contribution is -2.56. The first kappa shape index (κ1) is 17.3. The number of thioether (sulfide) groups is 1. The van der Waals surface area contributed by atoms with Crippen molar-refractivity contribution >= 4 is 22.9 Å². The Bertz CT molecular complexity index is 469. The van der Waals surface area contributed by atoms with E-state index in [9.17, 15) is 9.28 Å². The molecule has 7 nitrogen and oxygen atoms in total. The summed E-state index contributed by atoms with van der Waals surface area (Å²) in [4.78, 5) is 14.2. The van der Waals surface area contributed by atoms with Gasteiger partial charge in [0.05, 0.1) is 18.3 Å². The van der Waals surface area contributed by atoms with Crippen LogP contribution in [0.15, 0.2) is 28.7 Å². The number of rotatable bonds is 5. The van der Waals surface area contributed by atoms with Crippen LogP contribution in [0.1, 0.15) is 19.8 Å². The maximum atomic E-state index is 12.8. The number of halogens is 1. The largest absolute Gasteiger partial charge is 0.481 e. The third kappa shape index (κ3) is 4.36. The fraction of sp³-hybridized carbons (Fsp3) is 0.500. The molecule has 0 radical (unpaired) electrons. The number of aliphatic carboxylic acids is 1. The number of carbonyl (C=O) groups is 1. The lowest BCUT2D eigenvalue weighted by atomic mass is 10.2. The van der Waals surface area contributed by atoms with E-state index in [1.165, 1.54) is 10.3 Å². The molecule has 0 spiro atoms. The van der Waals surface area contributed by atoms with Crippen LogP contribution in [-0.4, -0.2) is 46.3 Å². The van der Waals surface area contributed by atoms with Crippen LogP contribution < -0.4 is 10.9 Å². The van der Waals surface area contributed by atoms with Gasteiger partial charge >= 0.3 is 5.97 Å². The lowest BCUT2D eigenvalue weighted by molar-refractivity contribution is -0.137. The van der Waals surface area contributed by atoms with Gasteiger partial charge < -0.3 is 20.3 Å². The van der Waals surface area contributed by atoms with E-state index in [0.717, 1.165) is 17.5 Å². The molecule has 0 saturated heterocycles. The SMILES string of the molecule is C=CS/C(=N\F)N(C)C1=C(CCC(=O)O)N(C)C(C)NN1. The van der Waals surface area contributed by atoms with E-state index in [4.69, 9.17) is 5.11 Å². The molecule has 0 bridgehead atoms. The Labute approximate surface area is 127 Å². The van der Waals surface area contributed by atoms with Crippen molar-refractivity contribution < 1.29 is 14.4 Å². The van der Waals surface area contributed by atoms with Gasteiger partial charge in [0.15, 0.2) is 0 Å². The Morgan fingerprint density at radius 2 is 2.38 bits per heavy atom. The van der Waals surface area contributed by atoms with Crippen molar-refractivity contribution in [3.05, 3.63) is 23.5 Å². The van der Waals surface area contributed by atoms with Gasteiger partial charge in [-0.15, -0.1) is 0 Å². The van der Waals surface area contributed by atoms with Crippen molar-refractivity contribution in [1.29, 1.82) is 0 Å². The minimum absolute atomic E-state index is 0.0118. The van der Waals surface area contributed by atoms with Crippen molar-refractivity contribution in [3.8, 4) is 0 Å². The second kappa shape index (κ2) is 7.89. The number of carboxylic acids is 1. The molecule has 1 aliphatic rings. The smallest absolute Gasteiger partial charge is 0.303 e. The van der Waals surface area contributed by atoms with Crippen LogP contribution in [0.25, 0.3) is 0 Å². The topological polar surface area (TPSA) is 80.2 Å². The van der Waals surface area contributed by atoms with Crippen LogP contribution in [0.3, 0.4) is 0 Å². The van der Waals surface area contributed by atoms with Gasteiger partial charge in [0.1, 0.15) is 5.82 Å². The number of hydrogen-bond acceptors (Lipinski definition) is 6. The number of carboxylic acid groups (broad SMARTS) is 1. The van der Waals surface area contributed by atoms with Crippen LogP contribution in [0, 0.1) is 0 Å². The van der Waals surface area contributed by atoms with Crippen LogP contribution >= 0.6 is 11.8 Å². The highest BCUT2D eigenvalue weighted by atomic mass is 32.2. The molecule has 118 valence electrons. The number of hydrazine groups is 1. The summed E-state index contributed by atoms with van der Waals surface area (Å²) in [6.07, 6.45) is 0.286. The molecule has 21 heavy (non-hydrogen) atoms. The number of nitrogens with one attached hydrogen (secondary N) is 2. The molecule has 1 atom stereocenters. The Balaban J connectivity index is 3.09. The maximum Gasteiger partial charge on any atom is 0.303 e. The first-order chi connectivity index (χ1) is 9.92. The lowest BCUT2D eigenvalue weighted by Gasteiger charge is -2.40. The summed E-state index contributed by atoms with van der Waals surface area (Å²) >= 11 is 1.03. The minimum Gasteiger partial charge on any atom is -0.481 e. The molecule has 0 saturated carbocycles. The fourth-order valence-electron chi connectivity index (χ4n) is 1.87. The molecule has 0 aliphatic carbocycles. The first-order valence-electron chi connectivity index (χ1n) is 6.32. The van der Waals surface area contributed by atoms with Crippen molar-refractivity contribution in [2.24, 2.45) is 5.21 Å². The normalized spacial score (nSPS) is 19.3. The Kier molecular flexibility index (Phi) is 6.50. The highest BCUT2D eigenvalue weighted by Crippen LogP contribution is 2.23. The van der Waals surface area contributed by atoms with Crippen LogP contribution in [0.4, 0.5) is 4.48 Å². The molecule has 9 heteroatoms. The average molecular weight is 317 g/mol. The Morgan fingerprint density at radius 1 is 1.71 bits per heavy atom. The number of hydrogen-bond donors (Lipinski definition) is 3. The summed E-state index contributed by atoms with van der Waals surface area (Å²) in [7, 11) is 3.49. The molecular weight excluding hydrogens is 297 g/mol.